The van der Waals surface area contributed by atoms with E-state index in [-0.39, 0.29) is 12.2 Å². The van der Waals surface area contributed by atoms with Crippen molar-refractivity contribution in [3.8, 4) is 0 Å². The number of carbonyl (C=O) groups excluding carboxylic acids is 1. The van der Waals surface area contributed by atoms with Crippen LogP contribution in [0.15, 0.2) is 23.1 Å². The Kier molecular flexibility index (Phi) is 4.47. The maximum atomic E-state index is 13.2. The summed E-state index contributed by atoms with van der Waals surface area (Å²) in [5.41, 5.74) is -0.0564. The van der Waals surface area contributed by atoms with Crippen molar-refractivity contribution in [3.05, 3.63) is 29.6 Å². The maximum Gasteiger partial charge on any atom is 0.338 e. The highest BCUT2D eigenvalue weighted by Crippen LogP contribution is 2.20. The van der Waals surface area contributed by atoms with Gasteiger partial charge in [-0.2, -0.15) is 0 Å². The van der Waals surface area contributed by atoms with Crippen LogP contribution in [-0.2, 0) is 13.8 Å². The van der Waals surface area contributed by atoms with Gasteiger partial charge in [0.1, 0.15) is 10.7 Å². The zero-order valence-corrected chi connectivity index (χ0v) is 10.5. The van der Waals surface area contributed by atoms with Crippen LogP contribution < -0.4 is 0 Å². The van der Waals surface area contributed by atoms with Crippen molar-refractivity contribution in [3.63, 3.8) is 0 Å². The standard InChI is InChI=1S/C10H10ClFO4S/c1-2-5-16-10(13)7-3-4-8(12)9(6-7)17(11,14)15/h3-4,6H,2,5H2,1H3. The number of halogens is 2. The van der Waals surface area contributed by atoms with Crippen molar-refractivity contribution in [2.45, 2.75) is 18.2 Å². The quantitative estimate of drug-likeness (QED) is 0.627. The Morgan fingerprint density at radius 2 is 2.12 bits per heavy atom. The van der Waals surface area contributed by atoms with E-state index in [9.17, 15) is 17.6 Å². The predicted molar refractivity (Wildman–Crippen MR) is 60.0 cm³/mol. The number of carbonyl (C=O) groups is 1. The Morgan fingerprint density at radius 3 is 2.65 bits per heavy atom. The van der Waals surface area contributed by atoms with Gasteiger partial charge in [0.25, 0.3) is 9.05 Å². The second kappa shape index (κ2) is 5.46. The number of ether oxygens (including phenoxy) is 1. The van der Waals surface area contributed by atoms with Crippen LogP contribution >= 0.6 is 10.7 Å². The minimum atomic E-state index is -4.22. The zero-order valence-electron chi connectivity index (χ0n) is 8.94. The smallest absolute Gasteiger partial charge is 0.338 e. The summed E-state index contributed by atoms with van der Waals surface area (Å²) in [5.74, 6) is -1.72. The highest BCUT2D eigenvalue weighted by Gasteiger charge is 2.19. The van der Waals surface area contributed by atoms with E-state index in [2.05, 4.69) is 0 Å². The molecule has 0 N–H and O–H groups in total. The SMILES string of the molecule is CCCOC(=O)c1ccc(F)c(S(=O)(=O)Cl)c1. The predicted octanol–water partition coefficient (Wildman–Crippen LogP) is 2.32. The first kappa shape index (κ1) is 13.9. The Hall–Kier alpha value is -1.14. The lowest BCUT2D eigenvalue weighted by atomic mass is 10.2. The normalized spacial score (nSPS) is 11.2. The van der Waals surface area contributed by atoms with Crippen molar-refractivity contribution < 1.29 is 22.3 Å². The lowest BCUT2D eigenvalue weighted by Crippen LogP contribution is -2.07. The monoisotopic (exact) mass is 280 g/mol. The van der Waals surface area contributed by atoms with Crippen LogP contribution in [0.5, 0.6) is 0 Å². The fraction of sp³-hybridized carbons (Fsp3) is 0.300. The Labute approximate surface area is 103 Å². The molecule has 0 amide bonds. The van der Waals surface area contributed by atoms with Crippen LogP contribution in [0.2, 0.25) is 0 Å². The van der Waals surface area contributed by atoms with E-state index in [4.69, 9.17) is 15.4 Å². The van der Waals surface area contributed by atoms with E-state index in [0.717, 1.165) is 18.2 Å². The first-order valence-corrected chi connectivity index (χ1v) is 7.08. The first-order chi connectivity index (χ1) is 7.86. The van der Waals surface area contributed by atoms with Gasteiger partial charge in [0, 0.05) is 10.7 Å². The van der Waals surface area contributed by atoms with E-state index in [1.54, 1.807) is 0 Å². The van der Waals surface area contributed by atoms with E-state index in [0.29, 0.717) is 6.42 Å². The Balaban J connectivity index is 3.09. The molecule has 0 aliphatic rings. The van der Waals surface area contributed by atoms with Crippen molar-refractivity contribution in [2.75, 3.05) is 6.61 Å². The van der Waals surface area contributed by atoms with Crippen LogP contribution in [0.3, 0.4) is 0 Å². The lowest BCUT2D eigenvalue weighted by Gasteiger charge is -2.04. The van der Waals surface area contributed by atoms with E-state index in [1.165, 1.54) is 0 Å². The molecule has 0 atom stereocenters. The molecule has 17 heavy (non-hydrogen) atoms. The summed E-state index contributed by atoms with van der Waals surface area (Å²) in [6, 6.07) is 2.85. The summed E-state index contributed by atoms with van der Waals surface area (Å²) in [6.07, 6.45) is 0.633. The van der Waals surface area contributed by atoms with Crippen LogP contribution in [-0.4, -0.2) is 21.0 Å². The number of esters is 1. The molecule has 0 fully saturated rings. The second-order valence-electron chi connectivity index (χ2n) is 3.22. The molecule has 7 heteroatoms. The molecule has 0 saturated carbocycles. The third-order valence-corrected chi connectivity index (χ3v) is 3.20. The average Bonchev–Trinajstić information content (AvgIpc) is 2.25. The summed E-state index contributed by atoms with van der Waals surface area (Å²) in [6.45, 7) is 2.02. The molecule has 1 aromatic rings. The lowest BCUT2D eigenvalue weighted by molar-refractivity contribution is 0.0504. The van der Waals surface area contributed by atoms with E-state index < -0.39 is 25.7 Å². The molecule has 0 unspecified atom stereocenters. The first-order valence-electron chi connectivity index (χ1n) is 4.77. The van der Waals surface area contributed by atoms with Crippen LogP contribution in [0.4, 0.5) is 4.39 Å². The van der Waals surface area contributed by atoms with Gasteiger partial charge < -0.3 is 4.74 Å². The molecule has 94 valence electrons. The molecular weight excluding hydrogens is 271 g/mol. The fourth-order valence-corrected chi connectivity index (χ4v) is 2.02. The summed E-state index contributed by atoms with van der Waals surface area (Å²) >= 11 is 0. The second-order valence-corrected chi connectivity index (χ2v) is 5.75. The molecule has 1 rings (SSSR count). The molecule has 0 aliphatic carbocycles. The van der Waals surface area contributed by atoms with Crippen LogP contribution in [0.1, 0.15) is 23.7 Å². The third kappa shape index (κ3) is 3.67. The van der Waals surface area contributed by atoms with E-state index >= 15 is 0 Å². The van der Waals surface area contributed by atoms with Crippen molar-refractivity contribution in [1.29, 1.82) is 0 Å². The number of rotatable bonds is 4. The summed E-state index contributed by atoms with van der Waals surface area (Å²) in [4.78, 5) is 10.7. The largest absolute Gasteiger partial charge is 0.462 e. The van der Waals surface area contributed by atoms with Gasteiger partial charge in [0.2, 0.25) is 0 Å². The number of benzene rings is 1. The number of hydrogen-bond acceptors (Lipinski definition) is 4. The number of hydrogen-bond donors (Lipinski definition) is 0. The highest BCUT2D eigenvalue weighted by molar-refractivity contribution is 8.13. The van der Waals surface area contributed by atoms with Gasteiger partial charge in [-0.3, -0.25) is 0 Å². The van der Waals surface area contributed by atoms with E-state index in [1.807, 2.05) is 6.92 Å². The van der Waals surface area contributed by atoms with Crippen LogP contribution in [0, 0.1) is 5.82 Å². The minimum Gasteiger partial charge on any atom is -0.462 e. The molecule has 4 nitrogen and oxygen atoms in total. The Morgan fingerprint density at radius 1 is 1.47 bits per heavy atom. The molecule has 0 bridgehead atoms. The molecule has 0 aromatic heterocycles. The topological polar surface area (TPSA) is 60.4 Å². The highest BCUT2D eigenvalue weighted by atomic mass is 35.7. The van der Waals surface area contributed by atoms with Gasteiger partial charge in [0.15, 0.2) is 0 Å². The van der Waals surface area contributed by atoms with Gasteiger partial charge in [-0.1, -0.05) is 6.92 Å². The molecule has 0 saturated heterocycles. The fourth-order valence-electron chi connectivity index (χ4n) is 1.10. The van der Waals surface area contributed by atoms with Gasteiger partial charge in [0.05, 0.1) is 12.2 Å². The van der Waals surface area contributed by atoms with Crippen molar-refractivity contribution >= 4 is 25.7 Å². The van der Waals surface area contributed by atoms with Crippen molar-refractivity contribution in [1.82, 2.24) is 0 Å². The summed E-state index contributed by atoms with van der Waals surface area (Å²) < 4.78 is 40.0. The maximum absolute atomic E-state index is 13.2. The Bertz CT molecular complexity index is 527. The average molecular weight is 281 g/mol. The molecule has 0 aliphatic heterocycles. The molecule has 0 spiro atoms. The minimum absolute atomic E-state index is 0.0564. The summed E-state index contributed by atoms with van der Waals surface area (Å²) in [7, 11) is 0.804. The molecule has 1 aromatic carbocycles. The molecule has 0 radical (unpaired) electrons. The van der Waals surface area contributed by atoms with Gasteiger partial charge >= 0.3 is 5.97 Å². The molecule has 0 heterocycles. The van der Waals surface area contributed by atoms with Crippen molar-refractivity contribution in [2.24, 2.45) is 0 Å². The molecular formula is C10H10ClFO4S. The zero-order chi connectivity index (χ0) is 13.1. The van der Waals surface area contributed by atoms with Gasteiger partial charge in [-0.05, 0) is 24.6 Å². The summed E-state index contributed by atoms with van der Waals surface area (Å²) in [5, 5.41) is 0. The van der Waals surface area contributed by atoms with Gasteiger partial charge in [-0.15, -0.1) is 0 Å². The third-order valence-electron chi connectivity index (χ3n) is 1.87. The van der Waals surface area contributed by atoms with Crippen LogP contribution in [0.25, 0.3) is 0 Å². The van der Waals surface area contributed by atoms with Gasteiger partial charge in [-0.25, -0.2) is 17.6 Å².